The lowest BCUT2D eigenvalue weighted by Gasteiger charge is -2.22. The number of aryl methyl sites for hydroxylation is 1. The molecule has 3 rings (SSSR count). The number of nitrogens with zero attached hydrogens (tertiary/aromatic N) is 2. The Morgan fingerprint density at radius 3 is 2.32 bits per heavy atom. The van der Waals surface area contributed by atoms with Crippen molar-refractivity contribution in [1.29, 1.82) is 0 Å². The minimum Gasteiger partial charge on any atom is -0.274 e. The molecule has 2 amide bonds. The lowest BCUT2D eigenvalue weighted by molar-refractivity contribution is -0.141. The topological polar surface area (TPSA) is 50.3 Å². The Bertz CT molecular complexity index is 1190. The van der Waals surface area contributed by atoms with Crippen molar-refractivity contribution in [3.63, 3.8) is 0 Å². The van der Waals surface area contributed by atoms with E-state index in [1.165, 1.54) is 25.1 Å². The van der Waals surface area contributed by atoms with Crippen LogP contribution in [0.15, 0.2) is 36.4 Å². The average Bonchev–Trinajstić information content (AvgIpc) is 3.07. The standard InChI is InChI=1S/C20H12Cl2F4N2O2S/c1-9-27-18(20(24,25)26)17(31-9)19(30)28(10(2)29)16-6-4-12(23)8-13(16)11-3-5-14(21)15(22)7-11/h3-8H,1-2H3. The highest BCUT2D eigenvalue weighted by Gasteiger charge is 2.41. The quantitative estimate of drug-likeness (QED) is 0.380. The third kappa shape index (κ3) is 4.73. The molecule has 0 aliphatic heterocycles. The monoisotopic (exact) mass is 490 g/mol. The Labute approximate surface area is 188 Å². The van der Waals surface area contributed by atoms with Crippen LogP contribution in [0.1, 0.15) is 27.3 Å². The van der Waals surface area contributed by atoms with Crippen molar-refractivity contribution < 1.29 is 27.2 Å². The Kier molecular flexibility index (Phi) is 6.40. The molecule has 1 heterocycles. The number of thiazole rings is 1. The van der Waals surface area contributed by atoms with Gasteiger partial charge in [0.15, 0.2) is 5.69 Å². The molecule has 0 aliphatic carbocycles. The van der Waals surface area contributed by atoms with Crippen LogP contribution >= 0.6 is 34.5 Å². The minimum atomic E-state index is -4.90. The van der Waals surface area contributed by atoms with Gasteiger partial charge in [-0.25, -0.2) is 14.3 Å². The maximum Gasteiger partial charge on any atom is 0.435 e. The molecule has 162 valence electrons. The molecule has 0 N–H and O–H groups in total. The summed E-state index contributed by atoms with van der Waals surface area (Å²) in [6, 6.07) is 7.47. The lowest BCUT2D eigenvalue weighted by Crippen LogP contribution is -2.36. The molecule has 2 aromatic carbocycles. The molecule has 31 heavy (non-hydrogen) atoms. The van der Waals surface area contributed by atoms with Gasteiger partial charge in [-0.3, -0.25) is 9.59 Å². The molecule has 0 unspecified atom stereocenters. The third-order valence-corrected chi connectivity index (χ3v) is 5.84. The maximum absolute atomic E-state index is 14.0. The first-order valence-electron chi connectivity index (χ1n) is 8.54. The van der Waals surface area contributed by atoms with E-state index in [4.69, 9.17) is 23.2 Å². The van der Waals surface area contributed by atoms with E-state index in [-0.39, 0.29) is 26.3 Å². The normalized spacial score (nSPS) is 11.5. The fraction of sp³-hybridized carbons (Fsp3) is 0.150. The van der Waals surface area contributed by atoms with E-state index >= 15 is 0 Å². The minimum absolute atomic E-state index is 0.00277. The molecule has 0 atom stereocenters. The molecule has 0 radical (unpaired) electrons. The maximum atomic E-state index is 14.0. The summed E-state index contributed by atoms with van der Waals surface area (Å²) in [5.74, 6) is -2.78. The highest BCUT2D eigenvalue weighted by atomic mass is 35.5. The number of aromatic nitrogens is 1. The van der Waals surface area contributed by atoms with Crippen molar-refractivity contribution in [2.75, 3.05) is 4.90 Å². The average molecular weight is 491 g/mol. The number of hydrogen-bond donors (Lipinski definition) is 0. The van der Waals surface area contributed by atoms with Gasteiger partial charge in [0.2, 0.25) is 5.91 Å². The Hall–Kier alpha value is -2.49. The number of benzene rings is 2. The van der Waals surface area contributed by atoms with Crippen molar-refractivity contribution in [3.8, 4) is 11.1 Å². The number of carbonyl (C=O) groups excluding carboxylic acids is 2. The summed E-state index contributed by atoms with van der Waals surface area (Å²) in [4.78, 5) is 28.7. The van der Waals surface area contributed by atoms with Crippen molar-refractivity contribution in [1.82, 2.24) is 4.98 Å². The van der Waals surface area contributed by atoms with Crippen LogP contribution in [0.2, 0.25) is 10.0 Å². The van der Waals surface area contributed by atoms with Crippen LogP contribution in [-0.2, 0) is 11.0 Å². The highest BCUT2D eigenvalue weighted by Crippen LogP contribution is 2.39. The van der Waals surface area contributed by atoms with Gasteiger partial charge in [-0.1, -0.05) is 29.3 Å². The zero-order chi connectivity index (χ0) is 23.1. The van der Waals surface area contributed by atoms with E-state index in [2.05, 4.69) is 4.98 Å². The van der Waals surface area contributed by atoms with Crippen LogP contribution in [0.25, 0.3) is 11.1 Å². The van der Waals surface area contributed by atoms with Gasteiger partial charge in [0, 0.05) is 12.5 Å². The van der Waals surface area contributed by atoms with Crippen LogP contribution in [0.4, 0.5) is 23.2 Å². The summed E-state index contributed by atoms with van der Waals surface area (Å²) in [5, 5.41) is 0.355. The second-order valence-electron chi connectivity index (χ2n) is 6.36. The van der Waals surface area contributed by atoms with Crippen molar-refractivity contribution >= 4 is 52.0 Å². The first kappa shape index (κ1) is 23.2. The largest absolute Gasteiger partial charge is 0.435 e. The first-order valence-corrected chi connectivity index (χ1v) is 10.1. The summed E-state index contributed by atoms with van der Waals surface area (Å²) in [6.07, 6.45) is -4.90. The fourth-order valence-corrected chi connectivity index (χ4v) is 4.05. The van der Waals surface area contributed by atoms with E-state index in [0.717, 1.165) is 25.1 Å². The summed E-state index contributed by atoms with van der Waals surface area (Å²) in [5.41, 5.74) is -1.13. The van der Waals surface area contributed by atoms with Gasteiger partial charge in [-0.2, -0.15) is 13.2 Å². The van der Waals surface area contributed by atoms with Gasteiger partial charge in [0.05, 0.1) is 20.7 Å². The molecular formula is C20H12Cl2F4N2O2S. The number of anilines is 1. The van der Waals surface area contributed by atoms with Gasteiger partial charge in [-0.15, -0.1) is 11.3 Å². The second kappa shape index (κ2) is 8.57. The lowest BCUT2D eigenvalue weighted by atomic mass is 10.0. The molecule has 0 saturated carbocycles. The Balaban J connectivity index is 2.21. The van der Waals surface area contributed by atoms with E-state index in [9.17, 15) is 27.2 Å². The predicted molar refractivity (Wildman–Crippen MR) is 111 cm³/mol. The zero-order valence-corrected chi connectivity index (χ0v) is 18.2. The number of hydrogen-bond acceptors (Lipinski definition) is 4. The van der Waals surface area contributed by atoms with Gasteiger partial charge in [-0.05, 0) is 42.8 Å². The molecule has 11 heteroatoms. The molecule has 3 aromatic rings. The first-order chi connectivity index (χ1) is 14.4. The molecule has 0 fully saturated rings. The Morgan fingerprint density at radius 2 is 1.74 bits per heavy atom. The summed E-state index contributed by atoms with van der Waals surface area (Å²) < 4.78 is 54.2. The van der Waals surface area contributed by atoms with Crippen molar-refractivity contribution in [2.45, 2.75) is 20.0 Å². The van der Waals surface area contributed by atoms with Crippen LogP contribution in [0, 0.1) is 12.7 Å². The fourth-order valence-electron chi connectivity index (χ4n) is 2.89. The summed E-state index contributed by atoms with van der Waals surface area (Å²) >= 11 is 12.4. The highest BCUT2D eigenvalue weighted by molar-refractivity contribution is 7.14. The third-order valence-electron chi connectivity index (χ3n) is 4.14. The summed E-state index contributed by atoms with van der Waals surface area (Å²) in [6.45, 7) is 2.33. The SMILES string of the molecule is CC(=O)N(C(=O)c1sc(C)nc1C(F)(F)F)c1ccc(F)cc1-c1ccc(Cl)c(Cl)c1. The van der Waals surface area contributed by atoms with Crippen molar-refractivity contribution in [3.05, 3.63) is 67.8 Å². The number of amides is 2. The molecule has 0 aliphatic rings. The van der Waals surface area contributed by atoms with E-state index < -0.39 is 34.4 Å². The van der Waals surface area contributed by atoms with E-state index in [0.29, 0.717) is 21.8 Å². The van der Waals surface area contributed by atoms with E-state index in [1.54, 1.807) is 0 Å². The number of carbonyl (C=O) groups is 2. The molecule has 0 spiro atoms. The van der Waals surface area contributed by atoms with Gasteiger partial charge in [0.25, 0.3) is 5.91 Å². The molecular weight excluding hydrogens is 479 g/mol. The van der Waals surface area contributed by atoms with Gasteiger partial charge >= 0.3 is 6.18 Å². The summed E-state index contributed by atoms with van der Waals surface area (Å²) in [7, 11) is 0. The molecule has 1 aromatic heterocycles. The zero-order valence-electron chi connectivity index (χ0n) is 15.9. The van der Waals surface area contributed by atoms with Crippen LogP contribution in [-0.4, -0.2) is 16.8 Å². The number of imide groups is 1. The Morgan fingerprint density at radius 1 is 1.06 bits per heavy atom. The number of alkyl halides is 3. The smallest absolute Gasteiger partial charge is 0.274 e. The van der Waals surface area contributed by atoms with Crippen LogP contribution in [0.3, 0.4) is 0 Å². The number of halogens is 6. The van der Waals surface area contributed by atoms with E-state index in [1.807, 2.05) is 0 Å². The number of rotatable bonds is 3. The van der Waals surface area contributed by atoms with Gasteiger partial charge < -0.3 is 0 Å². The molecule has 0 saturated heterocycles. The van der Waals surface area contributed by atoms with Gasteiger partial charge in [0.1, 0.15) is 10.7 Å². The predicted octanol–water partition coefficient (Wildman–Crippen LogP) is 6.78. The molecule has 4 nitrogen and oxygen atoms in total. The second-order valence-corrected chi connectivity index (χ2v) is 8.38. The van der Waals surface area contributed by atoms with Crippen molar-refractivity contribution in [2.24, 2.45) is 0 Å². The molecule has 0 bridgehead atoms. The van der Waals surface area contributed by atoms with Crippen LogP contribution < -0.4 is 4.90 Å². The van der Waals surface area contributed by atoms with Crippen LogP contribution in [0.5, 0.6) is 0 Å².